The van der Waals surface area contributed by atoms with Gasteiger partial charge in [0.15, 0.2) is 0 Å². The third kappa shape index (κ3) is 4.99. The summed E-state index contributed by atoms with van der Waals surface area (Å²) in [5, 5.41) is 3.45. The number of pyridine rings is 1. The van der Waals surface area contributed by atoms with Crippen LogP contribution in [0.3, 0.4) is 0 Å². The molecule has 118 valence electrons. The molecule has 3 heteroatoms. The summed E-state index contributed by atoms with van der Waals surface area (Å²) in [5.41, 5.74) is 2.56. The Morgan fingerprint density at radius 3 is 2.62 bits per heavy atom. The molecule has 0 aliphatic heterocycles. The Bertz CT molecular complexity index is 436. The molecule has 1 saturated carbocycles. The van der Waals surface area contributed by atoms with E-state index in [4.69, 9.17) is 4.98 Å². The Hall–Kier alpha value is -1.09. The van der Waals surface area contributed by atoms with E-state index in [1.54, 1.807) is 0 Å². The van der Waals surface area contributed by atoms with Gasteiger partial charge in [0.25, 0.3) is 0 Å². The molecule has 0 aromatic carbocycles. The van der Waals surface area contributed by atoms with Gasteiger partial charge in [-0.3, -0.25) is 0 Å². The Labute approximate surface area is 130 Å². The van der Waals surface area contributed by atoms with Crippen LogP contribution in [0, 0.1) is 12.8 Å². The third-order valence-electron chi connectivity index (χ3n) is 4.44. The number of aryl methyl sites for hydroxylation is 1. The first-order chi connectivity index (χ1) is 10.1. The van der Waals surface area contributed by atoms with Crippen LogP contribution in [0.2, 0.25) is 0 Å². The highest BCUT2D eigenvalue weighted by Crippen LogP contribution is 2.26. The number of aromatic nitrogens is 1. The van der Waals surface area contributed by atoms with Crippen LogP contribution in [-0.4, -0.2) is 24.6 Å². The maximum absolute atomic E-state index is 4.71. The lowest BCUT2D eigenvalue weighted by Gasteiger charge is -2.28. The van der Waals surface area contributed by atoms with E-state index < -0.39 is 0 Å². The minimum Gasteiger partial charge on any atom is -0.359 e. The van der Waals surface area contributed by atoms with Crippen LogP contribution in [0.4, 0.5) is 5.82 Å². The molecule has 1 fully saturated rings. The predicted molar refractivity (Wildman–Crippen MR) is 90.8 cm³/mol. The standard InChI is InChI=1S/C18H31N3/c1-14(2)19-11-17-10-15(3)18(20-12-17)21(4)13-16-8-6-5-7-9-16/h10,12,14,16,19H,5-9,11,13H2,1-4H3. The van der Waals surface area contributed by atoms with Crippen molar-refractivity contribution in [3.63, 3.8) is 0 Å². The van der Waals surface area contributed by atoms with Gasteiger partial charge < -0.3 is 10.2 Å². The van der Waals surface area contributed by atoms with Crippen molar-refractivity contribution in [1.29, 1.82) is 0 Å². The predicted octanol–water partition coefficient (Wildman–Crippen LogP) is 3.90. The SMILES string of the molecule is Cc1cc(CNC(C)C)cnc1N(C)CC1CCCCC1. The highest BCUT2D eigenvalue weighted by Gasteiger charge is 2.17. The zero-order chi connectivity index (χ0) is 15.2. The number of anilines is 1. The lowest BCUT2D eigenvalue weighted by molar-refractivity contribution is 0.361. The summed E-state index contributed by atoms with van der Waals surface area (Å²) >= 11 is 0. The molecule has 1 N–H and O–H groups in total. The van der Waals surface area contributed by atoms with Crippen molar-refractivity contribution in [3.8, 4) is 0 Å². The first kappa shape index (κ1) is 16.3. The summed E-state index contributed by atoms with van der Waals surface area (Å²) < 4.78 is 0. The Morgan fingerprint density at radius 2 is 2.00 bits per heavy atom. The van der Waals surface area contributed by atoms with Gasteiger partial charge in [-0.1, -0.05) is 33.1 Å². The molecular formula is C18H31N3. The van der Waals surface area contributed by atoms with E-state index in [0.717, 1.165) is 24.8 Å². The Kier molecular flexibility index (Phi) is 6.04. The molecule has 0 radical (unpaired) electrons. The maximum Gasteiger partial charge on any atom is 0.131 e. The molecule has 1 aromatic heterocycles. The highest BCUT2D eigenvalue weighted by molar-refractivity contribution is 5.46. The molecule has 1 aromatic rings. The minimum atomic E-state index is 0.513. The fourth-order valence-corrected chi connectivity index (χ4v) is 3.29. The van der Waals surface area contributed by atoms with Gasteiger partial charge in [-0.05, 0) is 42.9 Å². The molecule has 3 nitrogen and oxygen atoms in total. The molecule has 0 spiro atoms. The van der Waals surface area contributed by atoms with E-state index in [0.29, 0.717) is 6.04 Å². The van der Waals surface area contributed by atoms with Crippen LogP contribution in [0.5, 0.6) is 0 Å². The average molecular weight is 289 g/mol. The summed E-state index contributed by atoms with van der Waals surface area (Å²) in [6.45, 7) is 8.58. The van der Waals surface area contributed by atoms with Gasteiger partial charge in [-0.2, -0.15) is 0 Å². The normalized spacial score (nSPS) is 16.4. The topological polar surface area (TPSA) is 28.2 Å². The molecule has 2 rings (SSSR count). The van der Waals surface area contributed by atoms with Crippen molar-refractivity contribution in [2.45, 2.75) is 65.5 Å². The molecule has 0 saturated heterocycles. The van der Waals surface area contributed by atoms with Gasteiger partial charge in [0, 0.05) is 32.4 Å². The lowest BCUT2D eigenvalue weighted by atomic mass is 9.89. The molecule has 0 atom stereocenters. The summed E-state index contributed by atoms with van der Waals surface area (Å²) in [7, 11) is 2.19. The van der Waals surface area contributed by atoms with Crippen LogP contribution in [-0.2, 0) is 6.54 Å². The number of hydrogen-bond acceptors (Lipinski definition) is 3. The second kappa shape index (κ2) is 7.79. The van der Waals surface area contributed by atoms with Crippen LogP contribution < -0.4 is 10.2 Å². The minimum absolute atomic E-state index is 0.513. The number of rotatable bonds is 6. The zero-order valence-electron chi connectivity index (χ0n) is 14.2. The number of hydrogen-bond donors (Lipinski definition) is 1. The molecule has 21 heavy (non-hydrogen) atoms. The first-order valence-electron chi connectivity index (χ1n) is 8.46. The van der Waals surface area contributed by atoms with Gasteiger partial charge in [0.1, 0.15) is 5.82 Å². The molecule has 0 unspecified atom stereocenters. The largest absolute Gasteiger partial charge is 0.359 e. The summed E-state index contributed by atoms with van der Waals surface area (Å²) in [5.74, 6) is 2.00. The number of nitrogens with one attached hydrogen (secondary N) is 1. The van der Waals surface area contributed by atoms with Gasteiger partial charge in [0.2, 0.25) is 0 Å². The van der Waals surface area contributed by atoms with Crippen LogP contribution in [0.25, 0.3) is 0 Å². The van der Waals surface area contributed by atoms with Crippen LogP contribution in [0.1, 0.15) is 57.1 Å². The zero-order valence-corrected chi connectivity index (χ0v) is 14.2. The van der Waals surface area contributed by atoms with Gasteiger partial charge in [-0.25, -0.2) is 4.98 Å². The quantitative estimate of drug-likeness (QED) is 0.860. The molecule has 1 heterocycles. The monoisotopic (exact) mass is 289 g/mol. The van der Waals surface area contributed by atoms with E-state index in [9.17, 15) is 0 Å². The highest BCUT2D eigenvalue weighted by atomic mass is 15.2. The van der Waals surface area contributed by atoms with Crippen LogP contribution in [0.15, 0.2) is 12.3 Å². The summed E-state index contributed by atoms with van der Waals surface area (Å²) in [6.07, 6.45) is 9.04. The van der Waals surface area contributed by atoms with Crippen molar-refractivity contribution < 1.29 is 0 Å². The van der Waals surface area contributed by atoms with Gasteiger partial charge >= 0.3 is 0 Å². The molecule has 0 bridgehead atoms. The van der Waals surface area contributed by atoms with E-state index in [1.165, 1.54) is 43.2 Å². The maximum atomic E-state index is 4.71. The Balaban J connectivity index is 1.95. The second-order valence-corrected chi connectivity index (χ2v) is 6.90. The van der Waals surface area contributed by atoms with Crippen molar-refractivity contribution in [3.05, 3.63) is 23.4 Å². The summed E-state index contributed by atoms with van der Waals surface area (Å²) in [6, 6.07) is 2.79. The van der Waals surface area contributed by atoms with Gasteiger partial charge in [0.05, 0.1) is 0 Å². The van der Waals surface area contributed by atoms with Crippen molar-refractivity contribution in [2.75, 3.05) is 18.5 Å². The third-order valence-corrected chi connectivity index (χ3v) is 4.44. The molecule has 1 aliphatic rings. The molecule has 1 aliphatic carbocycles. The van der Waals surface area contributed by atoms with E-state index in [-0.39, 0.29) is 0 Å². The smallest absolute Gasteiger partial charge is 0.131 e. The van der Waals surface area contributed by atoms with E-state index in [2.05, 4.69) is 44.1 Å². The van der Waals surface area contributed by atoms with Crippen molar-refractivity contribution in [1.82, 2.24) is 10.3 Å². The molecule has 0 amide bonds. The van der Waals surface area contributed by atoms with Gasteiger partial charge in [-0.15, -0.1) is 0 Å². The van der Waals surface area contributed by atoms with Crippen LogP contribution >= 0.6 is 0 Å². The second-order valence-electron chi connectivity index (χ2n) is 6.90. The average Bonchev–Trinajstić information content (AvgIpc) is 2.46. The molecular weight excluding hydrogens is 258 g/mol. The summed E-state index contributed by atoms with van der Waals surface area (Å²) in [4.78, 5) is 7.06. The lowest BCUT2D eigenvalue weighted by Crippen LogP contribution is -2.28. The van der Waals surface area contributed by atoms with E-state index in [1.807, 2.05) is 6.20 Å². The first-order valence-corrected chi connectivity index (χ1v) is 8.46. The fraction of sp³-hybridized carbons (Fsp3) is 0.722. The van der Waals surface area contributed by atoms with Crippen molar-refractivity contribution >= 4 is 5.82 Å². The number of nitrogens with zero attached hydrogens (tertiary/aromatic N) is 2. The van der Waals surface area contributed by atoms with E-state index >= 15 is 0 Å². The fourth-order valence-electron chi connectivity index (χ4n) is 3.29. The van der Waals surface area contributed by atoms with Crippen molar-refractivity contribution in [2.24, 2.45) is 5.92 Å². The Morgan fingerprint density at radius 1 is 1.29 bits per heavy atom.